The molecule has 8 heterocycles. The number of hydrogen-bond donors (Lipinski definition) is 8. The highest BCUT2D eigenvalue weighted by Crippen LogP contribution is 2.49. The van der Waals surface area contributed by atoms with E-state index in [0.717, 1.165) is 0 Å². The minimum absolute atomic E-state index is 0.00613. The maximum absolute atomic E-state index is 11.7. The van der Waals surface area contributed by atoms with Gasteiger partial charge in [0.15, 0.2) is 0 Å². The summed E-state index contributed by atoms with van der Waals surface area (Å²) in [4.78, 5) is 35.8. The van der Waals surface area contributed by atoms with Gasteiger partial charge < -0.3 is 51.7 Å². The Morgan fingerprint density at radius 3 is 0.667 bits per heavy atom. The van der Waals surface area contributed by atoms with E-state index in [1.165, 1.54) is 30.4 Å². The van der Waals surface area contributed by atoms with Crippen molar-refractivity contribution in [1.29, 1.82) is 0 Å². The van der Waals surface area contributed by atoms with Crippen LogP contribution in [0.3, 0.4) is 0 Å². The Bertz CT molecular complexity index is 2370. The Kier molecular flexibility index (Phi) is 17.0. The van der Waals surface area contributed by atoms with Crippen molar-refractivity contribution in [3.05, 3.63) is 0 Å². The van der Waals surface area contributed by atoms with Gasteiger partial charge in [-0.15, -0.1) is 10.2 Å². The van der Waals surface area contributed by atoms with Gasteiger partial charge in [-0.2, -0.15) is 60.3 Å². The molecule has 2 aromatic heterocycles. The van der Waals surface area contributed by atoms with Gasteiger partial charge in [-0.25, -0.2) is 0 Å². The predicted octanol–water partition coefficient (Wildman–Crippen LogP) is 11.4. The summed E-state index contributed by atoms with van der Waals surface area (Å²) in [6.07, 6.45) is 6.85. The van der Waals surface area contributed by atoms with Crippen LogP contribution in [0.4, 0.5) is 35.7 Å². The molecule has 0 radical (unpaired) electrons. The van der Waals surface area contributed by atoms with E-state index in [2.05, 4.69) is 131 Å². The van der Waals surface area contributed by atoms with Crippen molar-refractivity contribution in [1.82, 2.24) is 60.3 Å². The van der Waals surface area contributed by atoms with E-state index in [1.807, 2.05) is 55.4 Å². The van der Waals surface area contributed by atoms with Crippen LogP contribution in [0.15, 0.2) is 10.2 Å². The van der Waals surface area contributed by atoms with Gasteiger partial charge in [0.05, 0.1) is 0 Å². The third-order valence-electron chi connectivity index (χ3n) is 19.9. The lowest BCUT2D eigenvalue weighted by Crippen LogP contribution is -2.68. The number of nitrogens with zero attached hydrogens (tertiary/aromatic N) is 16. The summed E-state index contributed by atoms with van der Waals surface area (Å²) < 4.78 is 0. The van der Waals surface area contributed by atoms with Gasteiger partial charge >= 0.3 is 0 Å². The largest absolute Gasteiger partial charge is 0.351 e. The highest BCUT2D eigenvalue weighted by atomic mass is 16.5. The number of hydrogen-bond acceptors (Lipinski definition) is 24. The van der Waals surface area contributed by atoms with E-state index in [1.54, 1.807) is 0 Å². The average molecular weight is 1180 g/mol. The second kappa shape index (κ2) is 21.5. The third-order valence-corrected chi connectivity index (χ3v) is 19.9. The lowest BCUT2D eigenvalue weighted by Gasteiger charge is -2.58. The fraction of sp³-hybridized carbons (Fsp3) is 0.900. The van der Waals surface area contributed by atoms with Crippen molar-refractivity contribution in [3.8, 4) is 0 Å². The van der Waals surface area contributed by atoms with Gasteiger partial charge in [0.1, 0.15) is 0 Å². The van der Waals surface area contributed by atoms with E-state index < -0.39 is 66.5 Å². The van der Waals surface area contributed by atoms with Crippen molar-refractivity contribution >= 4 is 35.7 Å². The van der Waals surface area contributed by atoms with Gasteiger partial charge in [0.2, 0.25) is 23.8 Å². The van der Waals surface area contributed by atoms with Crippen molar-refractivity contribution in [2.24, 2.45) is 10.2 Å². The van der Waals surface area contributed by atoms with Crippen LogP contribution >= 0.6 is 0 Å². The number of nitrogens with one attached hydrogen (secondary N) is 2. The maximum atomic E-state index is 11.7. The summed E-state index contributed by atoms with van der Waals surface area (Å²) in [7, 11) is 0. The number of aromatic nitrogens is 6. The van der Waals surface area contributed by atoms with Crippen LogP contribution < -0.4 is 20.4 Å². The molecule has 8 N–H and O–H groups in total. The van der Waals surface area contributed by atoms with Crippen LogP contribution in [0.5, 0.6) is 0 Å². The smallest absolute Gasteiger partial charge is 0.275 e. The van der Waals surface area contributed by atoms with Crippen molar-refractivity contribution < 1.29 is 31.2 Å². The second-order valence-corrected chi connectivity index (χ2v) is 33.9. The lowest BCUT2D eigenvalue weighted by atomic mass is 9.74. The summed E-state index contributed by atoms with van der Waals surface area (Å²) in [5.41, 5.74) is -7.50. The molecule has 0 aromatic carbocycles. The first-order valence-corrected chi connectivity index (χ1v) is 30.9. The molecular weight excluding hydrogens is 1070 g/mol. The van der Waals surface area contributed by atoms with E-state index in [0.29, 0.717) is 88.9 Å². The SMILES string of the molecule is CC1(C)CC(Nc2nc(N=Nc3nc(NC4CC(C)(C)N(O)C(C)(C)C4)nc(N(C4CC(C)(C)N(O)C(C)(C)C4)C4CC(C)(C)N(O)C(C)(C)C4)n3)nc(N(C3CC(C)(C)N(O)C(C)(C)C3)C3CC(C)(C)N(O)C(C)(C)C3)n2)CC(C)(C)N1O. The van der Waals surface area contributed by atoms with Crippen LogP contribution in [-0.2, 0) is 0 Å². The normalized spacial score (nSPS) is 28.8. The first-order chi connectivity index (χ1) is 37.9. The highest BCUT2D eigenvalue weighted by molar-refractivity contribution is 5.48. The Morgan fingerprint density at radius 2 is 0.476 bits per heavy atom. The number of rotatable bonds is 12. The molecule has 6 fully saturated rings. The zero-order valence-electron chi connectivity index (χ0n) is 55.8. The molecule has 0 unspecified atom stereocenters. The number of hydroxylamine groups is 12. The fourth-order valence-corrected chi connectivity index (χ4v) is 17.3. The van der Waals surface area contributed by atoms with Gasteiger partial charge in [0, 0.05) is 103 Å². The van der Waals surface area contributed by atoms with Gasteiger partial charge in [-0.05, 0) is 243 Å². The summed E-state index contributed by atoms with van der Waals surface area (Å²) in [5, 5.41) is 95.5. The molecule has 0 spiro atoms. The van der Waals surface area contributed by atoms with E-state index in [-0.39, 0.29) is 60.0 Å². The monoisotopic (exact) mass is 1180 g/mol. The molecule has 0 bridgehead atoms. The Morgan fingerprint density at radius 1 is 0.298 bits per heavy atom. The quantitative estimate of drug-likeness (QED) is 0.0917. The average Bonchev–Trinajstić information content (AvgIpc) is 3.51. The molecule has 8 rings (SSSR count). The summed E-state index contributed by atoms with van der Waals surface area (Å²) in [6, 6.07) is -1.08. The van der Waals surface area contributed by atoms with Gasteiger partial charge in [-0.1, -0.05) is 0 Å². The van der Waals surface area contributed by atoms with Crippen LogP contribution in [0.2, 0.25) is 0 Å². The van der Waals surface area contributed by atoms with E-state index in [4.69, 9.17) is 40.1 Å². The maximum Gasteiger partial charge on any atom is 0.275 e. The zero-order chi connectivity index (χ0) is 63.1. The second-order valence-electron chi connectivity index (χ2n) is 33.9. The molecule has 0 aliphatic carbocycles. The molecule has 6 aliphatic heterocycles. The molecule has 476 valence electrons. The molecule has 24 nitrogen and oxygen atoms in total. The highest BCUT2D eigenvalue weighted by Gasteiger charge is 2.56. The molecular formula is C60H110N18O6. The molecule has 84 heavy (non-hydrogen) atoms. The van der Waals surface area contributed by atoms with E-state index >= 15 is 0 Å². The van der Waals surface area contributed by atoms with Crippen molar-refractivity contribution in [2.75, 3.05) is 20.4 Å². The Balaban J connectivity index is 1.33. The standard InChI is InChI=1S/C60H110N18O6/c1-49(2)25-37(26-50(3,4)73(49)79)61-43-63-45(67-47(65-43)71(39-29-53(9,10)75(81)54(11,12)30-39)40-31-55(13,14)76(82)56(15,16)32-40)69-70-46-64-44(62-38-27-51(5,6)74(80)52(7,8)28-38)66-48(68-46)72(41-33-57(17,18)77(83)58(19,20)34-41)42-35-59(21,22)78(84)60(23,24)36-42/h37-42,79-84H,25-36H2,1-24H3,(H,61,63,65,67)(H,62,64,66,68). The summed E-state index contributed by atoms with van der Waals surface area (Å²) in [5.74, 6) is 1.32. The number of piperidine rings is 6. The van der Waals surface area contributed by atoms with E-state index in [9.17, 15) is 31.2 Å². The molecule has 6 saturated heterocycles. The van der Waals surface area contributed by atoms with Gasteiger partial charge in [-0.3, -0.25) is 0 Å². The third kappa shape index (κ3) is 13.1. The molecule has 0 amide bonds. The Hall–Kier alpha value is -3.66. The predicted molar refractivity (Wildman–Crippen MR) is 325 cm³/mol. The van der Waals surface area contributed by atoms with Crippen LogP contribution in [0.25, 0.3) is 0 Å². The first kappa shape index (κ1) is 66.3. The van der Waals surface area contributed by atoms with Gasteiger partial charge in [0.25, 0.3) is 11.9 Å². The van der Waals surface area contributed by atoms with Crippen molar-refractivity contribution in [3.63, 3.8) is 0 Å². The van der Waals surface area contributed by atoms with Crippen LogP contribution in [-0.4, -0.2) is 194 Å². The minimum Gasteiger partial charge on any atom is -0.351 e. The number of anilines is 4. The van der Waals surface area contributed by atoms with Crippen LogP contribution in [0, 0.1) is 0 Å². The molecule has 2 aromatic rings. The topological polar surface area (TPSA) is 273 Å². The fourth-order valence-electron chi connectivity index (χ4n) is 17.3. The minimum atomic E-state index is -0.642. The van der Waals surface area contributed by atoms with Crippen molar-refractivity contribution in [2.45, 2.75) is 346 Å². The number of azo groups is 1. The zero-order valence-corrected chi connectivity index (χ0v) is 55.8. The molecule has 24 heteroatoms. The lowest BCUT2D eigenvalue weighted by molar-refractivity contribution is -0.251. The molecule has 0 saturated carbocycles. The molecule has 6 aliphatic rings. The first-order valence-electron chi connectivity index (χ1n) is 30.9. The summed E-state index contributed by atoms with van der Waals surface area (Å²) in [6.45, 7) is 49.1. The van der Waals surface area contributed by atoms with Crippen LogP contribution in [0.1, 0.15) is 243 Å². The molecule has 0 atom stereocenters. The Labute approximate surface area is 502 Å². The summed E-state index contributed by atoms with van der Waals surface area (Å²) >= 11 is 0.